The van der Waals surface area contributed by atoms with Crippen molar-refractivity contribution in [1.82, 2.24) is 5.32 Å². The monoisotopic (exact) mass is 298 g/mol. The van der Waals surface area contributed by atoms with Crippen LogP contribution in [0, 0.1) is 11.3 Å². The average molecular weight is 299 g/mol. The van der Waals surface area contributed by atoms with E-state index in [1.807, 2.05) is 20.8 Å². The highest BCUT2D eigenvalue weighted by Gasteiger charge is 2.33. The van der Waals surface area contributed by atoms with Crippen molar-refractivity contribution in [2.45, 2.75) is 98.6 Å². The van der Waals surface area contributed by atoms with E-state index in [0.29, 0.717) is 5.92 Å². The lowest BCUT2D eigenvalue weighted by molar-refractivity contribution is -0.132. The standard InChI is InChI=1S/C18H38N2O/c1-6-8-9-10-11-12-13-14-15(3)18(4,5)17(21)20-16(19)7-2/h15-16H,6-14,19H2,1-5H3,(H,20,21). The van der Waals surface area contributed by atoms with Crippen LogP contribution in [-0.2, 0) is 4.79 Å². The SMILES string of the molecule is CCCCCCCCCC(C)C(C)(C)C(=O)NC(N)CC. The first-order valence-corrected chi connectivity index (χ1v) is 8.92. The molecule has 0 saturated carbocycles. The van der Waals surface area contributed by atoms with Gasteiger partial charge in [0.05, 0.1) is 6.17 Å². The lowest BCUT2D eigenvalue weighted by Gasteiger charge is -2.31. The van der Waals surface area contributed by atoms with Gasteiger partial charge in [-0.05, 0) is 18.8 Å². The van der Waals surface area contributed by atoms with E-state index in [4.69, 9.17) is 5.73 Å². The summed E-state index contributed by atoms with van der Waals surface area (Å²) < 4.78 is 0. The Bertz CT molecular complexity index is 276. The molecule has 3 N–H and O–H groups in total. The van der Waals surface area contributed by atoms with Gasteiger partial charge in [-0.25, -0.2) is 0 Å². The summed E-state index contributed by atoms with van der Waals surface area (Å²) in [6.45, 7) is 10.5. The maximum absolute atomic E-state index is 12.3. The molecule has 0 fully saturated rings. The Morgan fingerprint density at radius 2 is 1.57 bits per heavy atom. The van der Waals surface area contributed by atoms with Gasteiger partial charge in [-0.2, -0.15) is 0 Å². The number of unbranched alkanes of at least 4 members (excludes halogenated alkanes) is 6. The normalized spacial score (nSPS) is 14.8. The van der Waals surface area contributed by atoms with Gasteiger partial charge < -0.3 is 11.1 Å². The predicted molar refractivity (Wildman–Crippen MR) is 92.0 cm³/mol. The van der Waals surface area contributed by atoms with Crippen molar-refractivity contribution in [1.29, 1.82) is 0 Å². The Hall–Kier alpha value is -0.570. The third-order valence-corrected chi connectivity index (χ3v) is 4.81. The molecule has 0 aromatic rings. The van der Waals surface area contributed by atoms with E-state index in [0.717, 1.165) is 12.8 Å². The van der Waals surface area contributed by atoms with E-state index in [2.05, 4.69) is 19.2 Å². The molecule has 0 spiro atoms. The topological polar surface area (TPSA) is 55.1 Å². The minimum atomic E-state index is -0.338. The number of amides is 1. The molecule has 126 valence electrons. The highest BCUT2D eigenvalue weighted by Crippen LogP contribution is 2.31. The summed E-state index contributed by atoms with van der Waals surface area (Å²) in [5.41, 5.74) is 5.48. The Balaban J connectivity index is 3.96. The van der Waals surface area contributed by atoms with Gasteiger partial charge in [0.1, 0.15) is 0 Å². The zero-order chi connectivity index (χ0) is 16.3. The first-order valence-electron chi connectivity index (χ1n) is 8.92. The number of hydrogen-bond donors (Lipinski definition) is 2. The van der Waals surface area contributed by atoms with Gasteiger partial charge in [0.15, 0.2) is 0 Å². The van der Waals surface area contributed by atoms with Crippen LogP contribution < -0.4 is 11.1 Å². The number of nitrogens with two attached hydrogens (primary N) is 1. The summed E-state index contributed by atoms with van der Waals surface area (Å²) in [6.07, 6.45) is 10.9. The van der Waals surface area contributed by atoms with Crippen LogP contribution in [0.3, 0.4) is 0 Å². The minimum absolute atomic E-state index is 0.0901. The van der Waals surface area contributed by atoms with Crippen molar-refractivity contribution < 1.29 is 4.79 Å². The highest BCUT2D eigenvalue weighted by atomic mass is 16.2. The zero-order valence-corrected chi connectivity index (χ0v) is 15.0. The first kappa shape index (κ1) is 20.4. The summed E-state index contributed by atoms with van der Waals surface area (Å²) in [5.74, 6) is 0.476. The average Bonchev–Trinajstić information content (AvgIpc) is 2.45. The lowest BCUT2D eigenvalue weighted by Crippen LogP contribution is -2.48. The Kier molecular flexibility index (Phi) is 10.8. The predicted octanol–water partition coefficient (Wildman–Crippen LogP) is 4.60. The number of carbonyl (C=O) groups is 1. The summed E-state index contributed by atoms with van der Waals surface area (Å²) in [4.78, 5) is 12.3. The van der Waals surface area contributed by atoms with Crippen molar-refractivity contribution in [3.8, 4) is 0 Å². The molecule has 0 saturated heterocycles. The minimum Gasteiger partial charge on any atom is -0.341 e. The van der Waals surface area contributed by atoms with E-state index < -0.39 is 0 Å². The fraction of sp³-hybridized carbons (Fsp3) is 0.944. The zero-order valence-electron chi connectivity index (χ0n) is 15.0. The molecular weight excluding hydrogens is 260 g/mol. The number of hydrogen-bond acceptors (Lipinski definition) is 2. The van der Waals surface area contributed by atoms with Gasteiger partial charge in [0.25, 0.3) is 0 Å². The quantitative estimate of drug-likeness (QED) is 0.408. The fourth-order valence-electron chi connectivity index (χ4n) is 2.45. The van der Waals surface area contributed by atoms with Gasteiger partial charge in [0.2, 0.25) is 5.91 Å². The molecule has 0 aliphatic rings. The molecule has 0 rings (SSSR count). The van der Waals surface area contributed by atoms with Crippen molar-refractivity contribution in [3.05, 3.63) is 0 Å². The van der Waals surface area contributed by atoms with Crippen LogP contribution in [0.4, 0.5) is 0 Å². The van der Waals surface area contributed by atoms with Gasteiger partial charge in [-0.3, -0.25) is 4.79 Å². The first-order chi connectivity index (χ1) is 9.86. The van der Waals surface area contributed by atoms with E-state index in [9.17, 15) is 4.79 Å². The van der Waals surface area contributed by atoms with Crippen LogP contribution in [0.5, 0.6) is 0 Å². The maximum atomic E-state index is 12.3. The van der Waals surface area contributed by atoms with Crippen LogP contribution >= 0.6 is 0 Å². The molecule has 0 aromatic carbocycles. The smallest absolute Gasteiger partial charge is 0.227 e. The van der Waals surface area contributed by atoms with Crippen LogP contribution in [0.1, 0.15) is 92.4 Å². The Morgan fingerprint density at radius 3 is 2.10 bits per heavy atom. The van der Waals surface area contributed by atoms with Crippen LogP contribution in [0.15, 0.2) is 0 Å². The second-order valence-corrected chi connectivity index (χ2v) is 7.02. The molecule has 0 radical (unpaired) electrons. The Morgan fingerprint density at radius 1 is 1.05 bits per heavy atom. The van der Waals surface area contributed by atoms with E-state index >= 15 is 0 Å². The van der Waals surface area contributed by atoms with Crippen LogP contribution in [0.2, 0.25) is 0 Å². The summed E-state index contributed by atoms with van der Waals surface area (Å²) >= 11 is 0. The molecule has 0 aliphatic carbocycles. The van der Waals surface area contributed by atoms with Gasteiger partial charge in [-0.1, -0.05) is 79.6 Å². The second kappa shape index (κ2) is 11.1. The van der Waals surface area contributed by atoms with Crippen molar-refractivity contribution in [2.24, 2.45) is 17.1 Å². The third-order valence-electron chi connectivity index (χ3n) is 4.81. The molecule has 2 atom stereocenters. The van der Waals surface area contributed by atoms with Crippen LogP contribution in [0.25, 0.3) is 0 Å². The van der Waals surface area contributed by atoms with E-state index in [1.165, 1.54) is 44.9 Å². The molecule has 0 heterocycles. The summed E-state index contributed by atoms with van der Waals surface area (Å²) in [5, 5.41) is 2.91. The van der Waals surface area contributed by atoms with Crippen molar-refractivity contribution in [3.63, 3.8) is 0 Å². The second-order valence-electron chi connectivity index (χ2n) is 7.02. The van der Waals surface area contributed by atoms with E-state index in [1.54, 1.807) is 0 Å². The third kappa shape index (κ3) is 8.45. The summed E-state index contributed by atoms with van der Waals surface area (Å²) in [7, 11) is 0. The molecule has 3 nitrogen and oxygen atoms in total. The molecule has 0 aliphatic heterocycles. The molecule has 21 heavy (non-hydrogen) atoms. The highest BCUT2D eigenvalue weighted by molar-refractivity contribution is 5.82. The van der Waals surface area contributed by atoms with Crippen molar-refractivity contribution in [2.75, 3.05) is 0 Å². The number of nitrogens with one attached hydrogen (secondary N) is 1. The molecule has 0 bridgehead atoms. The van der Waals surface area contributed by atoms with Crippen molar-refractivity contribution >= 4 is 5.91 Å². The maximum Gasteiger partial charge on any atom is 0.227 e. The fourth-order valence-corrected chi connectivity index (χ4v) is 2.45. The number of carbonyl (C=O) groups excluding carboxylic acids is 1. The molecular formula is C18H38N2O. The Labute approximate surface area is 132 Å². The van der Waals surface area contributed by atoms with Gasteiger partial charge in [0, 0.05) is 5.41 Å². The molecule has 1 amide bonds. The number of rotatable bonds is 12. The molecule has 0 aromatic heterocycles. The lowest BCUT2D eigenvalue weighted by atomic mass is 9.76. The largest absolute Gasteiger partial charge is 0.341 e. The van der Waals surface area contributed by atoms with Gasteiger partial charge >= 0.3 is 0 Å². The molecule has 3 heteroatoms. The van der Waals surface area contributed by atoms with E-state index in [-0.39, 0.29) is 17.5 Å². The van der Waals surface area contributed by atoms with Gasteiger partial charge in [-0.15, -0.1) is 0 Å². The summed E-state index contributed by atoms with van der Waals surface area (Å²) in [6, 6.07) is 0. The molecule has 2 unspecified atom stereocenters. The van der Waals surface area contributed by atoms with Crippen LogP contribution in [-0.4, -0.2) is 12.1 Å².